The highest BCUT2D eigenvalue weighted by atomic mass is 35.5. The normalized spacial score (nSPS) is 27.3. The number of carbonyl (C=O) groups excluding carboxylic acids is 1. The molecule has 3 aliphatic heterocycles. The number of nitrogens with zero attached hydrogens (tertiary/aromatic N) is 4. The number of halogens is 5. The van der Waals surface area contributed by atoms with Crippen LogP contribution in [0.4, 0.5) is 18.0 Å². The molecule has 5 heterocycles. The smallest absolute Gasteiger partial charge is 0.410 e. The van der Waals surface area contributed by atoms with E-state index in [4.69, 9.17) is 37.7 Å². The number of aryl methyl sites for hydroxylation is 2. The molecule has 7 atom stereocenters. The van der Waals surface area contributed by atoms with Gasteiger partial charge in [0.05, 0.1) is 46.9 Å². The number of aromatic nitrogens is 2. The second-order valence-electron chi connectivity index (χ2n) is 13.3. The highest BCUT2D eigenvalue weighted by molar-refractivity contribution is 6.43. The molecule has 0 spiro atoms. The predicted molar refractivity (Wildman–Crippen MR) is 175 cm³/mol. The molecule has 9 rings (SSSR count). The summed E-state index contributed by atoms with van der Waals surface area (Å²) in [6.07, 6.45) is 0.912. The largest absolute Gasteiger partial charge is 0.453 e. The van der Waals surface area contributed by atoms with Crippen LogP contribution in [0.5, 0.6) is 0 Å². The highest BCUT2D eigenvalue weighted by Gasteiger charge is 2.58. The van der Waals surface area contributed by atoms with Crippen molar-refractivity contribution < 1.29 is 27.4 Å². The summed E-state index contributed by atoms with van der Waals surface area (Å²) >= 11 is 13.0. The van der Waals surface area contributed by atoms with Crippen molar-refractivity contribution in [2.45, 2.75) is 75.9 Å². The van der Waals surface area contributed by atoms with Crippen LogP contribution in [0.15, 0.2) is 30.3 Å². The molecule has 0 radical (unpaired) electrons. The first-order chi connectivity index (χ1) is 23.1. The second kappa shape index (κ2) is 11.8. The number of alkyl halides is 2. The van der Waals surface area contributed by atoms with Crippen molar-refractivity contribution in [3.8, 4) is 17.2 Å². The number of nitriles is 1. The average Bonchev–Trinajstić information content (AvgIpc) is 3.88. The molecule has 1 N–H and O–H groups in total. The molecule has 2 aromatic carbocycles. The Hall–Kier alpha value is -3.56. The zero-order valence-electron chi connectivity index (χ0n) is 26.2. The van der Waals surface area contributed by atoms with Crippen molar-refractivity contribution in [1.29, 1.82) is 5.26 Å². The molecule has 2 saturated carbocycles. The third kappa shape index (κ3) is 4.63. The van der Waals surface area contributed by atoms with E-state index in [0.717, 1.165) is 29.6 Å². The lowest BCUT2D eigenvalue weighted by molar-refractivity contribution is -0.181. The van der Waals surface area contributed by atoms with Crippen molar-refractivity contribution >= 4 is 51.1 Å². The standard InChI is InChI=1S/C35H32Cl2F3N5O3/c1-15-20-13-25(33-21-11-18(44(33)35(46)47-2)12-26(21)48-34(39)40)45(31-17-10-24(31)42-14-17)32(20)22-9-16(5-4-8-41)27(29(38)30(22)43-15)19-6-3-7-23(36)28(19)37/h3,6-7,9,13,17-18,21,24,26,31,33-34,42H,4-5,10-12,14H2,1-2H3/t17-,18-,21+,24-,26+,31+,33-/m1/s1. The Balaban J connectivity index is 1.42. The van der Waals surface area contributed by atoms with Gasteiger partial charge >= 0.3 is 12.7 Å². The Morgan fingerprint density at radius 1 is 1.21 bits per heavy atom. The van der Waals surface area contributed by atoms with Crippen LogP contribution in [0.25, 0.3) is 32.9 Å². The van der Waals surface area contributed by atoms with E-state index in [1.165, 1.54) is 7.11 Å². The molecule has 3 saturated heterocycles. The number of hydrogen-bond donors (Lipinski definition) is 1. The summed E-state index contributed by atoms with van der Waals surface area (Å²) in [5.41, 5.74) is 3.50. The molecule has 2 aromatic heterocycles. The van der Waals surface area contributed by atoms with E-state index in [1.54, 1.807) is 23.1 Å². The minimum absolute atomic E-state index is 0.0109. The fourth-order valence-electron chi connectivity index (χ4n) is 9.09. The molecular weight excluding hydrogens is 666 g/mol. The van der Waals surface area contributed by atoms with Gasteiger partial charge in [0.25, 0.3) is 0 Å². The van der Waals surface area contributed by atoms with Gasteiger partial charge in [-0.15, -0.1) is 0 Å². The van der Waals surface area contributed by atoms with Gasteiger partial charge < -0.3 is 19.4 Å². The molecular formula is C35H32Cl2F3N5O3. The highest BCUT2D eigenvalue weighted by Crippen LogP contribution is 2.56. The predicted octanol–water partition coefficient (Wildman–Crippen LogP) is 8.11. The van der Waals surface area contributed by atoms with Gasteiger partial charge in [-0.3, -0.25) is 4.90 Å². The molecule has 1 amide bonds. The summed E-state index contributed by atoms with van der Waals surface area (Å²) in [6.45, 7) is -0.309. The van der Waals surface area contributed by atoms with E-state index in [0.29, 0.717) is 41.0 Å². The topological polar surface area (TPSA) is 92.4 Å². The lowest BCUT2D eigenvalue weighted by Gasteiger charge is -2.42. The third-order valence-corrected chi connectivity index (χ3v) is 11.8. The number of piperidine rings is 1. The average molecular weight is 699 g/mol. The summed E-state index contributed by atoms with van der Waals surface area (Å²) in [6, 6.07) is 10.3. The summed E-state index contributed by atoms with van der Waals surface area (Å²) in [5, 5.41) is 14.9. The molecule has 2 aliphatic carbocycles. The molecule has 5 fully saturated rings. The monoisotopic (exact) mass is 697 g/mol. The minimum Gasteiger partial charge on any atom is -0.453 e. The number of nitrogens with one attached hydrogen (secondary N) is 1. The molecule has 48 heavy (non-hydrogen) atoms. The maximum absolute atomic E-state index is 17.0. The fourth-order valence-corrected chi connectivity index (χ4v) is 9.48. The number of carbonyl (C=O) groups is 1. The van der Waals surface area contributed by atoms with Crippen molar-refractivity contribution in [3.05, 3.63) is 63.1 Å². The van der Waals surface area contributed by atoms with Crippen LogP contribution in [0.3, 0.4) is 0 Å². The van der Waals surface area contributed by atoms with Crippen molar-refractivity contribution in [2.75, 3.05) is 13.7 Å². The molecule has 4 bridgehead atoms. The number of benzene rings is 2. The number of rotatable bonds is 7. The molecule has 4 aromatic rings. The quantitative estimate of drug-likeness (QED) is 0.210. The number of fused-ring (bicyclic) bond motifs is 6. The van der Waals surface area contributed by atoms with Crippen LogP contribution in [0, 0.1) is 35.9 Å². The Kier molecular flexibility index (Phi) is 7.79. The minimum atomic E-state index is -2.94. The first-order valence-electron chi connectivity index (χ1n) is 16.1. The van der Waals surface area contributed by atoms with Crippen LogP contribution in [0.2, 0.25) is 10.0 Å². The molecule has 13 heteroatoms. The van der Waals surface area contributed by atoms with Crippen LogP contribution >= 0.6 is 23.2 Å². The first-order valence-corrected chi connectivity index (χ1v) is 16.9. The van der Waals surface area contributed by atoms with E-state index < -0.39 is 36.6 Å². The van der Waals surface area contributed by atoms with Crippen molar-refractivity contribution in [3.63, 3.8) is 0 Å². The fraction of sp³-hybridized carbons (Fsp3) is 0.457. The SMILES string of the molecule is COC(=O)N1[C@@H]2C[C@@H]([C@@H](OC(F)F)C2)[C@@H]1c1cc2c(C)nc3c(F)c(-c4cccc(Cl)c4Cl)c(CCC#N)cc3c2n1[C@H]1[C@H]2CN[C@@H]1C2. The van der Waals surface area contributed by atoms with Gasteiger partial charge in [0.2, 0.25) is 0 Å². The number of likely N-dealkylation sites (tertiary alicyclic amines) is 1. The number of methoxy groups -OCH3 is 1. The van der Waals surface area contributed by atoms with E-state index in [9.17, 15) is 18.8 Å². The molecule has 5 aliphatic rings. The van der Waals surface area contributed by atoms with E-state index >= 15 is 4.39 Å². The van der Waals surface area contributed by atoms with Gasteiger partial charge in [0.15, 0.2) is 5.82 Å². The zero-order chi connectivity index (χ0) is 33.6. The lowest BCUT2D eigenvalue weighted by Crippen LogP contribution is -2.47. The number of amides is 1. The first kappa shape index (κ1) is 31.7. The van der Waals surface area contributed by atoms with Gasteiger partial charge in [0.1, 0.15) is 5.52 Å². The maximum atomic E-state index is 17.0. The second-order valence-corrected chi connectivity index (χ2v) is 14.1. The van der Waals surface area contributed by atoms with E-state index in [1.807, 2.05) is 19.1 Å². The lowest BCUT2D eigenvalue weighted by atomic mass is 9.79. The van der Waals surface area contributed by atoms with Crippen molar-refractivity contribution in [2.24, 2.45) is 11.8 Å². The summed E-state index contributed by atoms with van der Waals surface area (Å²) in [5.74, 6) is -0.672. The molecule has 250 valence electrons. The number of hydrogen-bond acceptors (Lipinski definition) is 6. The van der Waals surface area contributed by atoms with Crippen LogP contribution in [-0.2, 0) is 15.9 Å². The van der Waals surface area contributed by atoms with Gasteiger partial charge in [-0.2, -0.15) is 14.0 Å². The van der Waals surface area contributed by atoms with Crippen LogP contribution in [0.1, 0.15) is 54.7 Å². The summed E-state index contributed by atoms with van der Waals surface area (Å²) < 4.78 is 56.8. The Labute approximate surface area is 284 Å². The maximum Gasteiger partial charge on any atom is 0.410 e. The van der Waals surface area contributed by atoms with Crippen LogP contribution < -0.4 is 5.32 Å². The third-order valence-electron chi connectivity index (χ3n) is 11.0. The van der Waals surface area contributed by atoms with Gasteiger partial charge in [-0.05, 0) is 62.3 Å². The zero-order valence-corrected chi connectivity index (χ0v) is 27.7. The Morgan fingerprint density at radius 3 is 2.71 bits per heavy atom. The summed E-state index contributed by atoms with van der Waals surface area (Å²) in [4.78, 5) is 19.8. The molecule has 0 unspecified atom stereocenters. The Morgan fingerprint density at radius 2 is 2.02 bits per heavy atom. The number of pyridine rings is 1. The van der Waals surface area contributed by atoms with Gasteiger partial charge in [0, 0.05) is 64.3 Å². The van der Waals surface area contributed by atoms with Gasteiger partial charge in [-0.25, -0.2) is 14.2 Å². The van der Waals surface area contributed by atoms with E-state index in [-0.39, 0.29) is 52.1 Å². The van der Waals surface area contributed by atoms with Gasteiger partial charge in [-0.1, -0.05) is 35.3 Å². The Bertz CT molecular complexity index is 2020. The molecule has 8 nitrogen and oxygen atoms in total. The number of ether oxygens (including phenoxy) is 2. The van der Waals surface area contributed by atoms with Crippen LogP contribution in [-0.4, -0.2) is 59.0 Å². The summed E-state index contributed by atoms with van der Waals surface area (Å²) in [7, 11) is 1.32. The van der Waals surface area contributed by atoms with Crippen molar-refractivity contribution in [1.82, 2.24) is 19.8 Å². The van der Waals surface area contributed by atoms with E-state index in [2.05, 4.69) is 16.0 Å².